The number of hydrogen-bond acceptors (Lipinski definition) is 4. The minimum atomic E-state index is 0.00858. The maximum Gasteiger partial charge on any atom is 0.134 e. The summed E-state index contributed by atoms with van der Waals surface area (Å²) in [5.41, 5.74) is 0.914. The van der Waals surface area contributed by atoms with Gasteiger partial charge in [-0.1, -0.05) is 25.1 Å². The largest absolute Gasteiger partial charge is 0.459 e. The Morgan fingerprint density at radius 3 is 2.95 bits per heavy atom. The molecule has 2 heterocycles. The number of benzene rings is 1. The topological polar surface area (TPSA) is 43.6 Å². The van der Waals surface area contributed by atoms with Crippen molar-refractivity contribution in [3.63, 3.8) is 0 Å². The quantitative estimate of drug-likeness (QED) is 0.918. The molecular weight excluding hydrogens is 242 g/mol. The van der Waals surface area contributed by atoms with Gasteiger partial charge in [0.15, 0.2) is 0 Å². The molecule has 0 bridgehead atoms. The van der Waals surface area contributed by atoms with Crippen LogP contribution in [0.15, 0.2) is 34.7 Å². The van der Waals surface area contributed by atoms with Gasteiger partial charge in [0.1, 0.15) is 17.4 Å². The number of ether oxygens (including phenoxy) is 2. The van der Waals surface area contributed by atoms with E-state index in [0.29, 0.717) is 19.8 Å². The second kappa shape index (κ2) is 5.74. The van der Waals surface area contributed by atoms with E-state index >= 15 is 0 Å². The second-order valence-corrected chi connectivity index (χ2v) is 4.71. The lowest BCUT2D eigenvalue weighted by Crippen LogP contribution is -2.40. The van der Waals surface area contributed by atoms with Crippen LogP contribution in [0.5, 0.6) is 0 Å². The highest BCUT2D eigenvalue weighted by Gasteiger charge is 2.28. The Morgan fingerprint density at radius 2 is 2.21 bits per heavy atom. The third kappa shape index (κ3) is 2.66. The molecule has 102 valence electrons. The molecule has 0 saturated carbocycles. The molecule has 0 aliphatic carbocycles. The molecule has 1 aromatic heterocycles. The highest BCUT2D eigenvalue weighted by Crippen LogP contribution is 2.27. The first-order valence-electron chi connectivity index (χ1n) is 6.79. The lowest BCUT2D eigenvalue weighted by molar-refractivity contribution is -0.104. The van der Waals surface area contributed by atoms with Crippen LogP contribution in [0.4, 0.5) is 0 Å². The van der Waals surface area contributed by atoms with E-state index in [1.807, 2.05) is 18.2 Å². The first kappa shape index (κ1) is 12.7. The van der Waals surface area contributed by atoms with E-state index in [0.717, 1.165) is 23.3 Å². The van der Waals surface area contributed by atoms with Gasteiger partial charge in [-0.25, -0.2) is 0 Å². The molecule has 1 fully saturated rings. The molecule has 0 spiro atoms. The second-order valence-electron chi connectivity index (χ2n) is 4.71. The van der Waals surface area contributed by atoms with Gasteiger partial charge in [0, 0.05) is 5.39 Å². The predicted octanol–water partition coefficient (Wildman–Crippen LogP) is 2.50. The van der Waals surface area contributed by atoms with Crippen LogP contribution >= 0.6 is 0 Å². The number of likely N-dealkylation sites (N-methyl/N-ethyl adjacent to an activating group) is 1. The molecule has 19 heavy (non-hydrogen) atoms. The molecule has 1 aliphatic heterocycles. The van der Waals surface area contributed by atoms with Crippen LogP contribution in [-0.4, -0.2) is 32.5 Å². The van der Waals surface area contributed by atoms with E-state index in [1.54, 1.807) is 0 Å². The Kier molecular flexibility index (Phi) is 3.82. The van der Waals surface area contributed by atoms with E-state index in [1.165, 1.54) is 0 Å². The highest BCUT2D eigenvalue weighted by atomic mass is 16.6. The maximum absolute atomic E-state index is 5.94. The number of fused-ring (bicyclic) bond motifs is 1. The third-order valence-electron chi connectivity index (χ3n) is 3.39. The molecule has 4 nitrogen and oxygen atoms in total. The van der Waals surface area contributed by atoms with Crippen molar-refractivity contribution in [3.8, 4) is 0 Å². The van der Waals surface area contributed by atoms with Crippen LogP contribution in [0.3, 0.4) is 0 Å². The molecular formula is C15H19NO3. The molecule has 3 rings (SSSR count). The van der Waals surface area contributed by atoms with Crippen LogP contribution in [0.1, 0.15) is 18.7 Å². The zero-order valence-electron chi connectivity index (χ0n) is 11.1. The summed E-state index contributed by atoms with van der Waals surface area (Å²) in [4.78, 5) is 0. The van der Waals surface area contributed by atoms with Gasteiger partial charge in [-0.05, 0) is 18.7 Å². The monoisotopic (exact) mass is 261 g/mol. The van der Waals surface area contributed by atoms with Gasteiger partial charge in [-0.2, -0.15) is 0 Å². The minimum Gasteiger partial charge on any atom is -0.459 e. The molecule has 1 N–H and O–H groups in total. The maximum atomic E-state index is 5.94. The Hall–Kier alpha value is -1.36. The number of rotatable bonds is 4. The fourth-order valence-electron chi connectivity index (χ4n) is 2.49. The molecule has 1 aliphatic rings. The van der Waals surface area contributed by atoms with Gasteiger partial charge < -0.3 is 19.2 Å². The summed E-state index contributed by atoms with van der Waals surface area (Å²) in [6.07, 6.45) is 0.00858. The minimum absolute atomic E-state index is 0.00858. The van der Waals surface area contributed by atoms with Crippen molar-refractivity contribution < 1.29 is 13.9 Å². The normalized spacial score (nSPS) is 21.6. The Morgan fingerprint density at radius 1 is 1.32 bits per heavy atom. The summed E-state index contributed by atoms with van der Waals surface area (Å²) in [5.74, 6) is 0.915. The molecule has 2 atom stereocenters. The van der Waals surface area contributed by atoms with Crippen LogP contribution in [0.2, 0.25) is 0 Å². The number of para-hydroxylation sites is 1. The summed E-state index contributed by atoms with van der Waals surface area (Å²) in [6, 6.07) is 10.2. The molecule has 4 heteroatoms. The van der Waals surface area contributed by atoms with E-state index in [4.69, 9.17) is 13.9 Å². The van der Waals surface area contributed by atoms with Gasteiger partial charge in [-0.3, -0.25) is 0 Å². The van der Waals surface area contributed by atoms with Crippen molar-refractivity contribution >= 4 is 11.0 Å². The first-order valence-corrected chi connectivity index (χ1v) is 6.79. The van der Waals surface area contributed by atoms with Crippen molar-refractivity contribution in [1.82, 2.24) is 5.32 Å². The zero-order chi connectivity index (χ0) is 13.1. The SMILES string of the molecule is CCNC(c1cc2ccccc2o1)C1COCCO1. The van der Waals surface area contributed by atoms with Gasteiger partial charge in [0.25, 0.3) is 0 Å². The van der Waals surface area contributed by atoms with Gasteiger partial charge in [-0.15, -0.1) is 0 Å². The van der Waals surface area contributed by atoms with Gasteiger partial charge in [0.05, 0.1) is 25.9 Å². The fourth-order valence-corrected chi connectivity index (χ4v) is 2.49. The van der Waals surface area contributed by atoms with Crippen molar-refractivity contribution in [3.05, 3.63) is 36.1 Å². The van der Waals surface area contributed by atoms with Crippen LogP contribution in [0, 0.1) is 0 Å². The van der Waals surface area contributed by atoms with E-state index in [9.17, 15) is 0 Å². The predicted molar refractivity (Wildman–Crippen MR) is 73.2 cm³/mol. The number of nitrogens with one attached hydrogen (secondary N) is 1. The fraction of sp³-hybridized carbons (Fsp3) is 0.467. The summed E-state index contributed by atoms with van der Waals surface area (Å²) in [6.45, 7) is 4.87. The molecule has 1 aromatic carbocycles. The lowest BCUT2D eigenvalue weighted by atomic mass is 10.1. The average Bonchev–Trinajstić information content (AvgIpc) is 2.89. The first-order chi connectivity index (χ1) is 9.38. The number of furan rings is 1. The Labute approximate surface area is 112 Å². The molecule has 0 amide bonds. The van der Waals surface area contributed by atoms with Crippen molar-refractivity contribution in [2.45, 2.75) is 19.1 Å². The summed E-state index contributed by atoms with van der Waals surface area (Å²) in [7, 11) is 0. The van der Waals surface area contributed by atoms with Crippen molar-refractivity contribution in [2.75, 3.05) is 26.4 Å². The zero-order valence-corrected chi connectivity index (χ0v) is 11.1. The third-order valence-corrected chi connectivity index (χ3v) is 3.39. The summed E-state index contributed by atoms with van der Waals surface area (Å²) < 4.78 is 17.2. The van der Waals surface area contributed by atoms with Crippen LogP contribution in [0.25, 0.3) is 11.0 Å². The average molecular weight is 261 g/mol. The van der Waals surface area contributed by atoms with E-state index in [-0.39, 0.29) is 12.1 Å². The molecule has 2 unspecified atom stereocenters. The van der Waals surface area contributed by atoms with Crippen LogP contribution < -0.4 is 5.32 Å². The smallest absolute Gasteiger partial charge is 0.134 e. The van der Waals surface area contributed by atoms with Crippen molar-refractivity contribution in [2.24, 2.45) is 0 Å². The standard InChI is InChI=1S/C15H19NO3/c1-2-16-15(14-10-17-7-8-18-14)13-9-11-5-3-4-6-12(11)19-13/h3-6,9,14-16H,2,7-8,10H2,1H3. The molecule has 2 aromatic rings. The Bertz CT molecular complexity index is 498. The molecule has 1 saturated heterocycles. The number of hydrogen-bond donors (Lipinski definition) is 1. The molecule has 0 radical (unpaired) electrons. The van der Waals surface area contributed by atoms with Gasteiger partial charge >= 0.3 is 0 Å². The van der Waals surface area contributed by atoms with Crippen LogP contribution in [-0.2, 0) is 9.47 Å². The summed E-state index contributed by atoms with van der Waals surface area (Å²) in [5, 5.41) is 4.55. The summed E-state index contributed by atoms with van der Waals surface area (Å²) >= 11 is 0. The van der Waals surface area contributed by atoms with Gasteiger partial charge in [0.2, 0.25) is 0 Å². The lowest BCUT2D eigenvalue weighted by Gasteiger charge is -2.29. The Balaban J connectivity index is 1.89. The highest BCUT2D eigenvalue weighted by molar-refractivity contribution is 5.77. The van der Waals surface area contributed by atoms with E-state index in [2.05, 4.69) is 24.4 Å². The van der Waals surface area contributed by atoms with E-state index < -0.39 is 0 Å². The van der Waals surface area contributed by atoms with Crippen molar-refractivity contribution in [1.29, 1.82) is 0 Å².